The number of nitrogens with zero attached hydrogens (tertiary/aromatic N) is 1. The molecular weight excluding hydrogens is 262 g/mol. The maximum atomic E-state index is 12.6. The summed E-state index contributed by atoms with van der Waals surface area (Å²) in [5, 5.41) is 3.23. The maximum Gasteiger partial charge on any atom is 0.251 e. The number of amides is 1. The van der Waals surface area contributed by atoms with Gasteiger partial charge in [0, 0.05) is 31.9 Å². The van der Waals surface area contributed by atoms with E-state index in [1.807, 2.05) is 43.3 Å². The summed E-state index contributed by atoms with van der Waals surface area (Å²) in [5.41, 5.74) is 7.49. The van der Waals surface area contributed by atoms with E-state index in [9.17, 15) is 4.79 Å². The smallest absolute Gasteiger partial charge is 0.251 e. The number of carbonyl (C=O) groups excluding carboxylic acids is 1. The van der Waals surface area contributed by atoms with E-state index in [0.717, 1.165) is 24.9 Å². The maximum absolute atomic E-state index is 12.6. The lowest BCUT2D eigenvalue weighted by atomic mass is 9.73. The number of nitrogens with one attached hydrogen (secondary N) is 1. The van der Waals surface area contributed by atoms with Crippen molar-refractivity contribution in [1.29, 1.82) is 0 Å². The van der Waals surface area contributed by atoms with Gasteiger partial charge in [0.05, 0.1) is 5.54 Å². The molecule has 1 aliphatic rings. The van der Waals surface area contributed by atoms with Crippen LogP contribution in [-0.2, 0) is 0 Å². The van der Waals surface area contributed by atoms with Gasteiger partial charge >= 0.3 is 0 Å². The topological polar surface area (TPSA) is 58.4 Å². The first-order valence-corrected chi connectivity index (χ1v) is 7.78. The van der Waals surface area contributed by atoms with Crippen molar-refractivity contribution in [3.8, 4) is 0 Å². The second-order valence-corrected chi connectivity index (χ2v) is 6.41. The molecule has 0 aromatic heterocycles. The lowest BCUT2D eigenvalue weighted by Crippen LogP contribution is -2.59. The summed E-state index contributed by atoms with van der Waals surface area (Å²) in [7, 11) is 3.95. The summed E-state index contributed by atoms with van der Waals surface area (Å²) in [6.07, 6.45) is 4.48. The second-order valence-electron chi connectivity index (χ2n) is 6.41. The van der Waals surface area contributed by atoms with E-state index in [1.165, 1.54) is 6.42 Å². The van der Waals surface area contributed by atoms with E-state index in [4.69, 9.17) is 5.73 Å². The Kier molecular flexibility index (Phi) is 4.88. The van der Waals surface area contributed by atoms with Crippen LogP contribution < -0.4 is 16.0 Å². The van der Waals surface area contributed by atoms with Gasteiger partial charge in [0.15, 0.2) is 0 Å². The molecule has 0 spiro atoms. The molecule has 1 aromatic carbocycles. The van der Waals surface area contributed by atoms with Crippen molar-refractivity contribution in [2.24, 2.45) is 11.7 Å². The zero-order valence-electron chi connectivity index (χ0n) is 13.4. The molecule has 1 aliphatic carbocycles. The first-order valence-electron chi connectivity index (χ1n) is 7.78. The van der Waals surface area contributed by atoms with Crippen LogP contribution in [0.2, 0.25) is 0 Å². The van der Waals surface area contributed by atoms with Crippen molar-refractivity contribution in [3.63, 3.8) is 0 Å². The number of carbonyl (C=O) groups is 1. The summed E-state index contributed by atoms with van der Waals surface area (Å²) in [6, 6.07) is 7.70. The van der Waals surface area contributed by atoms with E-state index in [-0.39, 0.29) is 11.4 Å². The first-order chi connectivity index (χ1) is 9.98. The van der Waals surface area contributed by atoms with E-state index < -0.39 is 0 Å². The third-order valence-electron chi connectivity index (χ3n) is 4.80. The van der Waals surface area contributed by atoms with Crippen LogP contribution in [0.15, 0.2) is 24.3 Å². The molecule has 0 saturated heterocycles. The predicted molar refractivity (Wildman–Crippen MR) is 87.7 cm³/mol. The highest BCUT2D eigenvalue weighted by molar-refractivity contribution is 5.95. The molecule has 0 heterocycles. The van der Waals surface area contributed by atoms with Crippen molar-refractivity contribution in [3.05, 3.63) is 29.8 Å². The molecule has 2 unspecified atom stereocenters. The number of hydrogen-bond donors (Lipinski definition) is 2. The van der Waals surface area contributed by atoms with Gasteiger partial charge in [-0.1, -0.05) is 25.8 Å². The predicted octanol–water partition coefficient (Wildman–Crippen LogP) is 2.39. The standard InChI is InChI=1S/C17H27N3O/c1-13-7-4-5-10-17(13,12-18)19-16(21)14-8-6-9-15(11-14)20(2)3/h6,8-9,11,13H,4-5,7,10,12,18H2,1-3H3,(H,19,21). The SMILES string of the molecule is CC1CCCCC1(CN)NC(=O)c1cccc(N(C)C)c1. The van der Waals surface area contributed by atoms with Gasteiger partial charge in [0.25, 0.3) is 5.91 Å². The molecule has 4 nitrogen and oxygen atoms in total. The Morgan fingerprint density at radius 3 is 2.81 bits per heavy atom. The first kappa shape index (κ1) is 15.8. The Morgan fingerprint density at radius 2 is 2.19 bits per heavy atom. The fraction of sp³-hybridized carbons (Fsp3) is 0.588. The van der Waals surface area contributed by atoms with Gasteiger partial charge < -0.3 is 16.0 Å². The molecule has 1 saturated carbocycles. The van der Waals surface area contributed by atoms with Crippen molar-refractivity contribution >= 4 is 11.6 Å². The molecule has 2 atom stereocenters. The number of anilines is 1. The Bertz CT molecular complexity index is 501. The van der Waals surface area contributed by atoms with Crippen molar-refractivity contribution in [1.82, 2.24) is 5.32 Å². The lowest BCUT2D eigenvalue weighted by molar-refractivity contribution is 0.0813. The third-order valence-corrected chi connectivity index (χ3v) is 4.80. The summed E-state index contributed by atoms with van der Waals surface area (Å²) < 4.78 is 0. The quantitative estimate of drug-likeness (QED) is 0.895. The summed E-state index contributed by atoms with van der Waals surface area (Å²) in [4.78, 5) is 14.6. The van der Waals surface area contributed by atoms with E-state index in [1.54, 1.807) is 0 Å². The summed E-state index contributed by atoms with van der Waals surface area (Å²) in [6.45, 7) is 2.70. The molecule has 1 aromatic rings. The molecule has 21 heavy (non-hydrogen) atoms. The minimum absolute atomic E-state index is 0.0158. The van der Waals surface area contributed by atoms with Crippen molar-refractivity contribution < 1.29 is 4.79 Å². The fourth-order valence-corrected chi connectivity index (χ4v) is 3.18. The van der Waals surface area contributed by atoms with Crippen LogP contribution in [0.25, 0.3) is 0 Å². The van der Waals surface area contributed by atoms with Gasteiger partial charge in [-0.15, -0.1) is 0 Å². The van der Waals surface area contributed by atoms with E-state index in [0.29, 0.717) is 18.0 Å². The zero-order chi connectivity index (χ0) is 15.5. The highest BCUT2D eigenvalue weighted by atomic mass is 16.1. The van der Waals surface area contributed by atoms with Gasteiger partial charge in [-0.3, -0.25) is 4.79 Å². The lowest BCUT2D eigenvalue weighted by Gasteiger charge is -2.42. The average molecular weight is 289 g/mol. The molecule has 116 valence electrons. The van der Waals surface area contributed by atoms with Crippen LogP contribution in [0.5, 0.6) is 0 Å². The van der Waals surface area contributed by atoms with E-state index in [2.05, 4.69) is 12.2 Å². The van der Waals surface area contributed by atoms with Crippen LogP contribution in [0.4, 0.5) is 5.69 Å². The van der Waals surface area contributed by atoms with Gasteiger partial charge in [0.1, 0.15) is 0 Å². The molecule has 1 amide bonds. The number of benzene rings is 1. The monoisotopic (exact) mass is 289 g/mol. The van der Waals surface area contributed by atoms with Crippen molar-refractivity contribution in [2.75, 3.05) is 25.5 Å². The van der Waals surface area contributed by atoms with Crippen LogP contribution in [0.1, 0.15) is 43.0 Å². The molecule has 4 heteroatoms. The van der Waals surface area contributed by atoms with Crippen LogP contribution in [-0.4, -0.2) is 32.1 Å². The molecule has 2 rings (SSSR count). The molecular formula is C17H27N3O. The highest BCUT2D eigenvalue weighted by Gasteiger charge is 2.38. The summed E-state index contributed by atoms with van der Waals surface area (Å²) in [5.74, 6) is 0.412. The van der Waals surface area contributed by atoms with Gasteiger partial charge in [0.2, 0.25) is 0 Å². The molecule has 0 radical (unpaired) electrons. The second kappa shape index (κ2) is 6.48. The molecule has 1 fully saturated rings. The average Bonchev–Trinajstić information content (AvgIpc) is 2.49. The van der Waals surface area contributed by atoms with Crippen LogP contribution in [0.3, 0.4) is 0 Å². The van der Waals surface area contributed by atoms with Gasteiger partial charge in [-0.05, 0) is 37.0 Å². The molecule has 3 N–H and O–H groups in total. The fourth-order valence-electron chi connectivity index (χ4n) is 3.18. The normalized spacial score (nSPS) is 25.4. The highest BCUT2D eigenvalue weighted by Crippen LogP contribution is 2.33. The Labute approximate surface area is 127 Å². The summed E-state index contributed by atoms with van der Waals surface area (Å²) >= 11 is 0. The number of hydrogen-bond acceptors (Lipinski definition) is 3. The Hall–Kier alpha value is -1.55. The Morgan fingerprint density at radius 1 is 1.43 bits per heavy atom. The molecule has 0 bridgehead atoms. The third kappa shape index (κ3) is 3.38. The minimum atomic E-state index is -0.247. The van der Waals surface area contributed by atoms with Gasteiger partial charge in [-0.25, -0.2) is 0 Å². The van der Waals surface area contributed by atoms with Gasteiger partial charge in [-0.2, -0.15) is 0 Å². The van der Waals surface area contributed by atoms with E-state index >= 15 is 0 Å². The number of rotatable bonds is 4. The van der Waals surface area contributed by atoms with Crippen molar-refractivity contribution in [2.45, 2.75) is 38.1 Å². The molecule has 0 aliphatic heterocycles. The zero-order valence-corrected chi connectivity index (χ0v) is 13.4. The largest absolute Gasteiger partial charge is 0.378 e. The Balaban J connectivity index is 2.18. The van der Waals surface area contributed by atoms with Crippen LogP contribution in [0, 0.1) is 5.92 Å². The van der Waals surface area contributed by atoms with Crippen LogP contribution >= 0.6 is 0 Å². The number of nitrogens with two attached hydrogens (primary N) is 1. The minimum Gasteiger partial charge on any atom is -0.378 e.